The van der Waals surface area contributed by atoms with E-state index in [-0.39, 0.29) is 28.8 Å². The summed E-state index contributed by atoms with van der Waals surface area (Å²) in [7, 11) is 1.38. The Morgan fingerprint density at radius 3 is 2.73 bits per heavy atom. The van der Waals surface area contributed by atoms with Gasteiger partial charge in [-0.25, -0.2) is 4.79 Å². The second-order valence-electron chi connectivity index (χ2n) is 6.39. The van der Waals surface area contributed by atoms with Crippen LogP contribution in [0, 0.1) is 17.0 Å². The zero-order chi connectivity index (χ0) is 21.7. The second kappa shape index (κ2) is 9.31. The molecule has 1 aromatic heterocycles. The molecular formula is C20H20N4O5S. The molecular weight excluding hydrogens is 408 g/mol. The second-order valence-corrected chi connectivity index (χ2v) is 7.38. The number of aryl methyl sites for hydroxylation is 1. The van der Waals surface area contributed by atoms with Crippen molar-refractivity contribution < 1.29 is 14.5 Å². The first kappa shape index (κ1) is 21.2. The van der Waals surface area contributed by atoms with E-state index in [0.717, 1.165) is 11.3 Å². The van der Waals surface area contributed by atoms with Gasteiger partial charge in [0.05, 0.1) is 29.2 Å². The number of amides is 1. The lowest BCUT2D eigenvalue weighted by molar-refractivity contribution is -0.385. The highest BCUT2D eigenvalue weighted by molar-refractivity contribution is 7.99. The molecule has 0 saturated heterocycles. The first-order chi connectivity index (χ1) is 14.4. The van der Waals surface area contributed by atoms with Crippen molar-refractivity contribution in [1.82, 2.24) is 9.55 Å². The fraction of sp³-hybridized carbons (Fsp3) is 0.200. The van der Waals surface area contributed by atoms with Gasteiger partial charge in [0.2, 0.25) is 5.91 Å². The number of imidazole rings is 1. The molecule has 1 amide bonds. The van der Waals surface area contributed by atoms with Gasteiger partial charge >= 0.3 is 11.4 Å². The lowest BCUT2D eigenvalue weighted by Gasteiger charge is -2.12. The van der Waals surface area contributed by atoms with Crippen molar-refractivity contribution in [2.24, 2.45) is 0 Å². The molecule has 0 bridgehead atoms. The number of para-hydroxylation sites is 2. The number of H-pyrrole nitrogens is 1. The van der Waals surface area contributed by atoms with E-state index < -0.39 is 4.92 Å². The number of aromatic nitrogens is 2. The number of hydrogen-bond donors (Lipinski definition) is 2. The van der Waals surface area contributed by atoms with Crippen LogP contribution in [-0.2, 0) is 10.5 Å². The quantitative estimate of drug-likeness (QED) is 0.420. The van der Waals surface area contributed by atoms with Gasteiger partial charge in [0.15, 0.2) is 5.75 Å². The number of aromatic amines is 1. The number of nitro benzene ring substituents is 1. The highest BCUT2D eigenvalue weighted by Gasteiger charge is 2.16. The molecule has 0 aliphatic rings. The fourth-order valence-electron chi connectivity index (χ4n) is 2.95. The summed E-state index contributed by atoms with van der Waals surface area (Å²) >= 11 is 1.33. The molecule has 3 rings (SSSR count). The molecule has 0 unspecified atom stereocenters. The van der Waals surface area contributed by atoms with Gasteiger partial charge in [-0.1, -0.05) is 18.2 Å². The lowest BCUT2D eigenvalue weighted by Crippen LogP contribution is -2.20. The number of benzene rings is 2. The topological polar surface area (TPSA) is 119 Å². The van der Waals surface area contributed by atoms with Gasteiger partial charge in [0.25, 0.3) is 0 Å². The predicted molar refractivity (Wildman–Crippen MR) is 116 cm³/mol. The van der Waals surface area contributed by atoms with E-state index >= 15 is 0 Å². The highest BCUT2D eigenvalue weighted by atomic mass is 32.2. The number of nitrogens with one attached hydrogen (secondary N) is 2. The molecule has 2 aromatic carbocycles. The first-order valence-electron chi connectivity index (χ1n) is 8.96. The van der Waals surface area contributed by atoms with E-state index in [1.165, 1.54) is 29.5 Å². The summed E-state index contributed by atoms with van der Waals surface area (Å²) < 4.78 is 6.48. The number of nitrogens with zero attached hydrogens (tertiary/aromatic N) is 2. The standard InChI is InChI=1S/C20H20N4O5S/c1-13-10-21-20(26)23(13)16-6-4-3-5-15(16)22-19(25)12-30-11-14-7-8-18(29-2)17(9-14)24(27)28/h3-10H,11-12H2,1-2H3,(H,21,26)(H,22,25). The summed E-state index contributed by atoms with van der Waals surface area (Å²) in [5.74, 6) is 0.529. The van der Waals surface area contributed by atoms with Crippen molar-refractivity contribution in [2.75, 3.05) is 18.2 Å². The maximum absolute atomic E-state index is 12.4. The largest absolute Gasteiger partial charge is 0.490 e. The van der Waals surface area contributed by atoms with E-state index in [0.29, 0.717) is 17.1 Å². The van der Waals surface area contributed by atoms with Crippen molar-refractivity contribution in [3.8, 4) is 11.4 Å². The zero-order valence-electron chi connectivity index (χ0n) is 16.4. The Morgan fingerprint density at radius 2 is 2.07 bits per heavy atom. The lowest BCUT2D eigenvalue weighted by atomic mass is 10.2. The predicted octanol–water partition coefficient (Wildman–Crippen LogP) is 3.26. The Bertz CT molecular complexity index is 1140. The van der Waals surface area contributed by atoms with E-state index in [1.54, 1.807) is 49.5 Å². The number of thioether (sulfide) groups is 1. The van der Waals surface area contributed by atoms with Crippen molar-refractivity contribution in [3.63, 3.8) is 0 Å². The number of ether oxygens (including phenoxy) is 1. The normalized spacial score (nSPS) is 10.6. The Labute approximate surface area is 176 Å². The molecule has 156 valence electrons. The van der Waals surface area contributed by atoms with E-state index in [4.69, 9.17) is 4.74 Å². The minimum Gasteiger partial charge on any atom is -0.490 e. The van der Waals surface area contributed by atoms with Crippen LogP contribution >= 0.6 is 11.8 Å². The van der Waals surface area contributed by atoms with Crippen LogP contribution in [0.5, 0.6) is 5.75 Å². The number of rotatable bonds is 8. The Morgan fingerprint density at radius 1 is 1.30 bits per heavy atom. The van der Waals surface area contributed by atoms with Crippen LogP contribution in [-0.4, -0.2) is 33.2 Å². The van der Waals surface area contributed by atoms with Crippen LogP contribution in [0.1, 0.15) is 11.3 Å². The maximum atomic E-state index is 12.4. The maximum Gasteiger partial charge on any atom is 0.330 e. The average molecular weight is 428 g/mol. The Hall–Kier alpha value is -3.53. The molecule has 10 heteroatoms. The van der Waals surface area contributed by atoms with E-state index in [1.807, 2.05) is 0 Å². The summed E-state index contributed by atoms with van der Waals surface area (Å²) in [6.45, 7) is 1.79. The first-order valence-corrected chi connectivity index (χ1v) is 10.1. The minimum absolute atomic E-state index is 0.110. The van der Waals surface area contributed by atoms with Gasteiger partial charge in [-0.3, -0.25) is 19.5 Å². The Kier molecular flexibility index (Phi) is 6.58. The summed E-state index contributed by atoms with van der Waals surface area (Å²) in [4.78, 5) is 37.7. The van der Waals surface area contributed by atoms with Gasteiger partial charge in [0, 0.05) is 23.7 Å². The van der Waals surface area contributed by atoms with Crippen LogP contribution < -0.4 is 15.7 Å². The number of hydrogen-bond acceptors (Lipinski definition) is 6. The molecule has 0 radical (unpaired) electrons. The minimum atomic E-state index is -0.498. The smallest absolute Gasteiger partial charge is 0.330 e. The van der Waals surface area contributed by atoms with Crippen LogP contribution in [0.2, 0.25) is 0 Å². The molecule has 0 fully saturated rings. The van der Waals surface area contributed by atoms with Gasteiger partial charge in [-0.2, -0.15) is 0 Å². The van der Waals surface area contributed by atoms with Gasteiger partial charge in [0.1, 0.15) is 0 Å². The molecule has 0 aliphatic heterocycles. The average Bonchev–Trinajstić information content (AvgIpc) is 3.06. The van der Waals surface area contributed by atoms with Crippen LogP contribution in [0.15, 0.2) is 53.5 Å². The molecule has 3 aromatic rings. The molecule has 9 nitrogen and oxygen atoms in total. The zero-order valence-corrected chi connectivity index (χ0v) is 17.2. The van der Waals surface area contributed by atoms with Crippen molar-refractivity contribution in [3.05, 3.63) is 80.5 Å². The molecule has 1 heterocycles. The van der Waals surface area contributed by atoms with Crippen molar-refractivity contribution in [2.45, 2.75) is 12.7 Å². The monoisotopic (exact) mass is 428 g/mol. The highest BCUT2D eigenvalue weighted by Crippen LogP contribution is 2.29. The third-order valence-corrected chi connectivity index (χ3v) is 5.32. The van der Waals surface area contributed by atoms with Gasteiger partial charge in [-0.15, -0.1) is 11.8 Å². The Balaban J connectivity index is 1.65. The molecule has 0 aliphatic carbocycles. The van der Waals surface area contributed by atoms with E-state index in [2.05, 4.69) is 10.3 Å². The van der Waals surface area contributed by atoms with Crippen molar-refractivity contribution >= 4 is 29.0 Å². The molecule has 30 heavy (non-hydrogen) atoms. The number of methoxy groups -OCH3 is 1. The van der Waals surface area contributed by atoms with Crippen molar-refractivity contribution in [1.29, 1.82) is 0 Å². The summed E-state index contributed by atoms with van der Waals surface area (Å²) in [6, 6.07) is 11.8. The summed E-state index contributed by atoms with van der Waals surface area (Å²) in [5.41, 5.74) is 2.14. The fourth-order valence-corrected chi connectivity index (χ4v) is 3.72. The summed E-state index contributed by atoms with van der Waals surface area (Å²) in [6.07, 6.45) is 1.60. The van der Waals surface area contributed by atoms with Gasteiger partial charge < -0.3 is 15.0 Å². The van der Waals surface area contributed by atoms with Gasteiger partial charge in [-0.05, 0) is 30.7 Å². The molecule has 0 atom stereocenters. The molecule has 0 saturated carbocycles. The number of anilines is 1. The molecule has 0 spiro atoms. The number of carbonyl (C=O) groups excluding carboxylic acids is 1. The summed E-state index contributed by atoms with van der Waals surface area (Å²) in [5, 5.41) is 13.9. The van der Waals surface area contributed by atoms with Crippen LogP contribution in [0.4, 0.5) is 11.4 Å². The molecule has 2 N–H and O–H groups in total. The SMILES string of the molecule is COc1ccc(CSCC(=O)Nc2ccccc2-n2c(C)c[nH]c2=O)cc1[N+](=O)[O-]. The van der Waals surface area contributed by atoms with E-state index in [9.17, 15) is 19.7 Å². The number of nitro groups is 1. The number of carbonyl (C=O) groups is 1. The van der Waals surface area contributed by atoms with Crippen LogP contribution in [0.3, 0.4) is 0 Å². The van der Waals surface area contributed by atoms with Crippen LogP contribution in [0.25, 0.3) is 5.69 Å². The third kappa shape index (κ3) is 4.71. The third-order valence-electron chi connectivity index (χ3n) is 4.32.